The number of carbonyl (C=O) groups excluding carboxylic acids is 2. The number of nitrogens with zero attached hydrogens (tertiary/aromatic N) is 1. The van der Waals surface area contributed by atoms with Crippen LogP contribution >= 0.6 is 11.6 Å². The number of benzene rings is 2. The van der Waals surface area contributed by atoms with Gasteiger partial charge in [-0.1, -0.05) is 11.6 Å². The zero-order valence-corrected chi connectivity index (χ0v) is 24.6. The second-order valence-corrected chi connectivity index (χ2v) is 12.1. The van der Waals surface area contributed by atoms with E-state index in [4.69, 9.17) is 31.5 Å². The molecule has 0 bridgehead atoms. The van der Waals surface area contributed by atoms with E-state index in [1.807, 2.05) is 0 Å². The molecule has 6 rings (SSSR count). The summed E-state index contributed by atoms with van der Waals surface area (Å²) in [4.78, 5) is 29.7. The fourth-order valence-corrected chi connectivity index (χ4v) is 5.03. The van der Waals surface area contributed by atoms with Crippen molar-refractivity contribution in [2.75, 3.05) is 13.2 Å². The number of fused-ring (bicyclic) bond motifs is 1. The van der Waals surface area contributed by atoms with Gasteiger partial charge < -0.3 is 30.4 Å². The Kier molecular flexibility index (Phi) is 7.59. The summed E-state index contributed by atoms with van der Waals surface area (Å²) in [6, 6.07) is 8.50. The Bertz CT molecular complexity index is 1700. The fraction of sp³-hybridized carbons (Fsp3) is 0.387. The van der Waals surface area contributed by atoms with Gasteiger partial charge in [-0.15, -0.1) is 0 Å². The van der Waals surface area contributed by atoms with Gasteiger partial charge in [0, 0.05) is 16.7 Å². The molecule has 9 nitrogen and oxygen atoms in total. The van der Waals surface area contributed by atoms with Crippen LogP contribution in [-0.2, 0) is 15.8 Å². The van der Waals surface area contributed by atoms with Crippen molar-refractivity contribution in [3.63, 3.8) is 0 Å². The lowest BCUT2D eigenvalue weighted by Gasteiger charge is -2.31. The van der Waals surface area contributed by atoms with Gasteiger partial charge in [0.05, 0.1) is 29.5 Å². The van der Waals surface area contributed by atoms with Crippen molar-refractivity contribution in [3.05, 3.63) is 70.1 Å². The van der Waals surface area contributed by atoms with Crippen LogP contribution < -0.4 is 25.3 Å². The molecule has 1 aliphatic heterocycles. The van der Waals surface area contributed by atoms with Gasteiger partial charge >= 0.3 is 6.18 Å². The Morgan fingerprint density at radius 2 is 1.76 bits per heavy atom. The van der Waals surface area contributed by atoms with Crippen molar-refractivity contribution >= 4 is 23.4 Å². The fourth-order valence-electron chi connectivity index (χ4n) is 4.85. The van der Waals surface area contributed by atoms with Gasteiger partial charge in [-0.25, -0.2) is 9.37 Å². The maximum atomic E-state index is 14.7. The van der Waals surface area contributed by atoms with Gasteiger partial charge in [0.15, 0.2) is 11.5 Å². The van der Waals surface area contributed by atoms with E-state index in [1.165, 1.54) is 31.2 Å². The highest BCUT2D eigenvalue weighted by Gasteiger charge is 2.57. The Hall–Kier alpha value is -4.10. The summed E-state index contributed by atoms with van der Waals surface area (Å²) >= 11 is 5.93. The second-order valence-electron chi connectivity index (χ2n) is 11.7. The highest BCUT2D eigenvalue weighted by Crippen LogP contribution is 2.48. The largest absolute Gasteiger partial charge is 0.489 e. The molecule has 2 fully saturated rings. The lowest BCUT2D eigenvalue weighted by molar-refractivity contribution is -0.265. The number of rotatable bonds is 10. The third kappa shape index (κ3) is 5.86. The zero-order valence-electron chi connectivity index (χ0n) is 23.8. The van der Waals surface area contributed by atoms with Crippen molar-refractivity contribution in [3.8, 4) is 28.5 Å². The van der Waals surface area contributed by atoms with Crippen LogP contribution in [0.2, 0.25) is 5.02 Å². The van der Waals surface area contributed by atoms with Gasteiger partial charge in [-0.3, -0.25) is 9.59 Å². The molecule has 2 saturated carbocycles. The molecular weight excluding hydrogens is 622 g/mol. The molecule has 4 N–H and O–H groups in total. The van der Waals surface area contributed by atoms with E-state index in [0.29, 0.717) is 11.5 Å². The number of hydrogen-bond donors (Lipinski definition) is 3. The molecule has 0 saturated heterocycles. The first-order valence-corrected chi connectivity index (χ1v) is 14.6. The van der Waals surface area contributed by atoms with E-state index in [1.54, 1.807) is 0 Å². The maximum absolute atomic E-state index is 14.7. The highest BCUT2D eigenvalue weighted by molar-refractivity contribution is 6.31. The van der Waals surface area contributed by atoms with Crippen LogP contribution in [0.15, 0.2) is 42.5 Å². The van der Waals surface area contributed by atoms with Crippen molar-refractivity contribution in [1.29, 1.82) is 0 Å². The molecule has 2 aliphatic carbocycles. The summed E-state index contributed by atoms with van der Waals surface area (Å²) in [7, 11) is 0. The number of amides is 2. The average Bonchev–Trinajstić information content (AvgIpc) is 3.93. The SMILES string of the molecule is C[C@]1(C(N)=O)COc2c1cc(C(O)(CNC(=O)c1ccc(OC3CC3)c(OC3CC3)c1)C(F)(F)F)nc2-c1ccc(F)c(Cl)c1. The first kappa shape index (κ1) is 30.9. The number of nitrogens with one attached hydrogen (secondary N) is 1. The normalized spacial score (nSPS) is 20.5. The van der Waals surface area contributed by atoms with Crippen LogP contribution in [0, 0.1) is 5.82 Å². The van der Waals surface area contributed by atoms with Crippen LogP contribution in [0.4, 0.5) is 17.6 Å². The van der Waals surface area contributed by atoms with Crippen LogP contribution in [0.5, 0.6) is 17.2 Å². The molecule has 2 aromatic carbocycles. The lowest BCUT2D eigenvalue weighted by Crippen LogP contribution is -2.51. The van der Waals surface area contributed by atoms with Crippen LogP contribution in [0.1, 0.15) is 54.2 Å². The van der Waals surface area contributed by atoms with Crippen molar-refractivity contribution < 1.29 is 46.5 Å². The summed E-state index contributed by atoms with van der Waals surface area (Å²) < 4.78 is 75.5. The Balaban J connectivity index is 1.36. The molecule has 238 valence electrons. The second kappa shape index (κ2) is 11.1. The number of primary amides is 1. The van der Waals surface area contributed by atoms with E-state index in [9.17, 15) is 32.3 Å². The molecule has 2 heterocycles. The molecular formula is C31H28ClF4N3O6. The number of aliphatic hydroxyl groups is 1. The first-order valence-electron chi connectivity index (χ1n) is 14.2. The summed E-state index contributed by atoms with van der Waals surface area (Å²) in [5.74, 6) is -1.95. The third-order valence-electron chi connectivity index (χ3n) is 8.05. The predicted molar refractivity (Wildman–Crippen MR) is 153 cm³/mol. The minimum absolute atomic E-state index is 0.0171. The van der Waals surface area contributed by atoms with Gasteiger partial charge in [0.2, 0.25) is 11.5 Å². The van der Waals surface area contributed by atoms with E-state index >= 15 is 0 Å². The van der Waals surface area contributed by atoms with Crippen molar-refractivity contribution in [1.82, 2.24) is 10.3 Å². The summed E-state index contributed by atoms with van der Waals surface area (Å²) in [5.41, 5.74) is -0.965. The average molecular weight is 650 g/mol. The lowest BCUT2D eigenvalue weighted by atomic mass is 9.81. The van der Waals surface area contributed by atoms with Crippen molar-refractivity contribution in [2.24, 2.45) is 5.73 Å². The Morgan fingerprint density at radius 3 is 2.36 bits per heavy atom. The number of alkyl halides is 3. The molecule has 3 aromatic rings. The molecule has 3 aliphatic rings. The quantitative estimate of drug-likeness (QED) is 0.265. The number of aromatic nitrogens is 1. The number of nitrogens with two attached hydrogens (primary N) is 1. The minimum Gasteiger partial charge on any atom is -0.489 e. The number of pyridine rings is 1. The smallest absolute Gasteiger partial charge is 0.424 e. The monoisotopic (exact) mass is 649 g/mol. The summed E-state index contributed by atoms with van der Waals surface area (Å²) in [5, 5.41) is 13.1. The topological polar surface area (TPSA) is 133 Å². The van der Waals surface area contributed by atoms with Gasteiger partial charge in [-0.2, -0.15) is 13.2 Å². The van der Waals surface area contributed by atoms with E-state index in [2.05, 4.69) is 10.3 Å². The molecule has 2 amide bonds. The third-order valence-corrected chi connectivity index (χ3v) is 8.34. The molecule has 2 atom stereocenters. The van der Waals surface area contributed by atoms with Crippen LogP contribution in [0.25, 0.3) is 11.3 Å². The number of ether oxygens (including phenoxy) is 3. The van der Waals surface area contributed by atoms with Gasteiger partial charge in [-0.05, 0) is 75.1 Å². The number of halogens is 5. The number of carbonyl (C=O) groups is 2. The molecule has 0 spiro atoms. The van der Waals surface area contributed by atoms with Gasteiger partial charge in [0.25, 0.3) is 5.91 Å². The van der Waals surface area contributed by atoms with Gasteiger partial charge in [0.1, 0.15) is 29.3 Å². The van der Waals surface area contributed by atoms with Crippen LogP contribution in [-0.4, -0.2) is 53.4 Å². The molecule has 0 radical (unpaired) electrons. The Labute approximate surface area is 259 Å². The first-order chi connectivity index (χ1) is 21.2. The van der Waals surface area contributed by atoms with E-state index in [-0.39, 0.29) is 52.0 Å². The van der Waals surface area contributed by atoms with Crippen LogP contribution in [0.3, 0.4) is 0 Å². The van der Waals surface area contributed by atoms with Crippen molar-refractivity contribution in [2.45, 2.75) is 62.0 Å². The molecule has 1 aromatic heterocycles. The summed E-state index contributed by atoms with van der Waals surface area (Å²) in [6.07, 6.45) is -1.92. The molecule has 14 heteroatoms. The standard InChI is InChI=1S/C31H28ClF4N3O6/c1-29(28(37)41)14-43-26-19(29)12-24(39-25(26)15-2-8-21(33)20(32)10-15)30(42,31(34,35)36)13-38-27(40)16-3-9-22(44-17-4-5-17)23(11-16)45-18-6-7-18/h2-3,8-12,17-18,42H,4-7,13-14H2,1H3,(H2,37,41)(H,38,40)/t29-,30?/m0/s1. The highest BCUT2D eigenvalue weighted by atomic mass is 35.5. The van der Waals surface area contributed by atoms with E-state index < -0.39 is 47.1 Å². The predicted octanol–water partition coefficient (Wildman–Crippen LogP) is 4.94. The molecule has 45 heavy (non-hydrogen) atoms. The maximum Gasteiger partial charge on any atom is 0.424 e. The van der Waals surface area contributed by atoms with E-state index in [0.717, 1.165) is 43.9 Å². The zero-order chi connectivity index (χ0) is 32.3. The molecule has 1 unspecified atom stereocenters. The number of hydrogen-bond acceptors (Lipinski definition) is 7. The minimum atomic E-state index is -5.37. The Morgan fingerprint density at radius 1 is 1.09 bits per heavy atom. The summed E-state index contributed by atoms with van der Waals surface area (Å²) in [6.45, 7) is -0.297.